The molecule has 0 saturated heterocycles. The van der Waals surface area contributed by atoms with Gasteiger partial charge in [0.1, 0.15) is 0 Å². The van der Waals surface area contributed by atoms with Crippen LogP contribution in [-0.2, 0) is 17.8 Å². The Bertz CT molecular complexity index is 774. The molecule has 3 aromatic rings. The van der Waals surface area contributed by atoms with Gasteiger partial charge in [0.15, 0.2) is 0 Å². The van der Waals surface area contributed by atoms with Gasteiger partial charge < -0.3 is 9.47 Å². The third-order valence-corrected chi connectivity index (χ3v) is 5.68. The molecule has 2 aromatic heterocycles. The molecular formula is C20H20N2OS. The highest BCUT2D eigenvalue weighted by Crippen LogP contribution is 2.28. The summed E-state index contributed by atoms with van der Waals surface area (Å²) in [6.45, 7) is 1.55. The minimum Gasteiger partial charge on any atom is -0.346 e. The van der Waals surface area contributed by atoms with Crippen molar-refractivity contribution < 1.29 is 4.79 Å². The van der Waals surface area contributed by atoms with E-state index in [4.69, 9.17) is 0 Å². The molecule has 0 N–H and O–H groups in total. The molecule has 0 fully saturated rings. The summed E-state index contributed by atoms with van der Waals surface area (Å²) in [5.74, 6) is 0.233. The fourth-order valence-corrected chi connectivity index (χ4v) is 4.23. The van der Waals surface area contributed by atoms with E-state index in [1.54, 1.807) is 11.3 Å². The SMILES string of the molecule is O=C(C[C@H](c1cccs1)n1cccc1)N1CCc2ccccc2C1. The van der Waals surface area contributed by atoms with Gasteiger partial charge in [-0.1, -0.05) is 30.3 Å². The minimum atomic E-state index is 0.0877. The summed E-state index contributed by atoms with van der Waals surface area (Å²) < 4.78 is 2.14. The lowest BCUT2D eigenvalue weighted by atomic mass is 9.99. The summed E-state index contributed by atoms with van der Waals surface area (Å²) in [7, 11) is 0. The normalized spacial score (nSPS) is 15.1. The molecule has 1 aliphatic rings. The van der Waals surface area contributed by atoms with E-state index in [-0.39, 0.29) is 11.9 Å². The molecule has 0 radical (unpaired) electrons. The lowest BCUT2D eigenvalue weighted by Gasteiger charge is -2.30. The van der Waals surface area contributed by atoms with Gasteiger partial charge in [0, 0.05) is 30.4 Å². The first kappa shape index (κ1) is 15.2. The Morgan fingerprint density at radius 1 is 1.04 bits per heavy atom. The molecule has 24 heavy (non-hydrogen) atoms. The van der Waals surface area contributed by atoms with E-state index in [1.807, 2.05) is 29.4 Å². The molecule has 3 nitrogen and oxygen atoms in total. The van der Waals surface area contributed by atoms with Gasteiger partial charge in [0.05, 0.1) is 12.5 Å². The second-order valence-electron chi connectivity index (χ2n) is 6.20. The van der Waals surface area contributed by atoms with Crippen LogP contribution < -0.4 is 0 Å². The van der Waals surface area contributed by atoms with Crippen LogP contribution in [0.5, 0.6) is 0 Å². The second-order valence-corrected chi connectivity index (χ2v) is 7.18. The van der Waals surface area contributed by atoms with E-state index in [0.717, 1.165) is 19.5 Å². The fraction of sp³-hybridized carbons (Fsp3) is 0.250. The maximum atomic E-state index is 12.9. The van der Waals surface area contributed by atoms with Crippen molar-refractivity contribution in [3.05, 3.63) is 82.3 Å². The average Bonchev–Trinajstić information content (AvgIpc) is 3.33. The van der Waals surface area contributed by atoms with Crippen molar-refractivity contribution in [2.45, 2.75) is 25.4 Å². The van der Waals surface area contributed by atoms with Crippen LogP contribution in [0, 0.1) is 0 Å². The standard InChI is InChI=1S/C20H20N2OS/c23-20(22-12-9-16-6-1-2-7-17(16)15-22)14-18(19-8-5-13-24-19)21-10-3-4-11-21/h1-8,10-11,13,18H,9,12,14-15H2/t18-/m1/s1. The van der Waals surface area contributed by atoms with Crippen LogP contribution in [0.2, 0.25) is 0 Å². The van der Waals surface area contributed by atoms with Gasteiger partial charge in [-0.25, -0.2) is 0 Å². The Morgan fingerprint density at radius 3 is 2.58 bits per heavy atom. The van der Waals surface area contributed by atoms with Gasteiger partial charge in [-0.15, -0.1) is 11.3 Å². The van der Waals surface area contributed by atoms with Gasteiger partial charge in [-0.3, -0.25) is 4.79 Å². The average molecular weight is 336 g/mol. The Kier molecular flexibility index (Phi) is 4.22. The zero-order chi connectivity index (χ0) is 16.4. The summed E-state index contributed by atoms with van der Waals surface area (Å²) >= 11 is 1.71. The molecule has 0 unspecified atom stereocenters. The number of carbonyl (C=O) groups is 1. The molecule has 1 aromatic carbocycles. The van der Waals surface area contributed by atoms with Crippen LogP contribution in [0.3, 0.4) is 0 Å². The van der Waals surface area contributed by atoms with E-state index < -0.39 is 0 Å². The molecule has 0 bridgehead atoms. The molecule has 0 saturated carbocycles. The minimum absolute atomic E-state index is 0.0877. The lowest BCUT2D eigenvalue weighted by molar-refractivity contribution is -0.132. The second kappa shape index (κ2) is 6.65. The molecule has 1 aliphatic heterocycles. The van der Waals surface area contributed by atoms with Crippen molar-refractivity contribution in [3.8, 4) is 0 Å². The predicted octanol–water partition coefficient (Wildman–Crippen LogP) is 4.11. The maximum absolute atomic E-state index is 12.9. The molecule has 4 heteroatoms. The highest BCUT2D eigenvalue weighted by molar-refractivity contribution is 7.10. The number of hydrogen-bond donors (Lipinski definition) is 0. The van der Waals surface area contributed by atoms with E-state index in [2.05, 4.69) is 46.3 Å². The molecular weight excluding hydrogens is 316 g/mol. The van der Waals surface area contributed by atoms with Crippen LogP contribution in [0.1, 0.15) is 28.5 Å². The molecule has 122 valence electrons. The fourth-order valence-electron chi connectivity index (χ4n) is 3.39. The topological polar surface area (TPSA) is 25.2 Å². The number of fused-ring (bicyclic) bond motifs is 1. The first-order valence-corrected chi connectivity index (χ1v) is 9.19. The van der Waals surface area contributed by atoms with Crippen LogP contribution in [0.4, 0.5) is 0 Å². The number of nitrogens with zero attached hydrogens (tertiary/aromatic N) is 2. The third-order valence-electron chi connectivity index (χ3n) is 4.71. The first-order valence-electron chi connectivity index (χ1n) is 8.31. The molecule has 3 heterocycles. The van der Waals surface area contributed by atoms with Crippen molar-refractivity contribution in [1.29, 1.82) is 0 Å². The number of thiophene rings is 1. The van der Waals surface area contributed by atoms with E-state index in [0.29, 0.717) is 6.42 Å². The summed E-state index contributed by atoms with van der Waals surface area (Å²) in [5, 5.41) is 2.08. The van der Waals surface area contributed by atoms with Crippen molar-refractivity contribution in [1.82, 2.24) is 9.47 Å². The highest BCUT2D eigenvalue weighted by Gasteiger charge is 2.25. The van der Waals surface area contributed by atoms with Crippen molar-refractivity contribution >= 4 is 17.2 Å². The van der Waals surface area contributed by atoms with Crippen molar-refractivity contribution in [2.24, 2.45) is 0 Å². The Morgan fingerprint density at radius 2 is 1.83 bits per heavy atom. The number of benzene rings is 1. The van der Waals surface area contributed by atoms with Gasteiger partial charge in [-0.2, -0.15) is 0 Å². The zero-order valence-electron chi connectivity index (χ0n) is 13.5. The van der Waals surface area contributed by atoms with Crippen LogP contribution in [0.15, 0.2) is 66.3 Å². The van der Waals surface area contributed by atoms with Gasteiger partial charge in [-0.05, 0) is 41.1 Å². The van der Waals surface area contributed by atoms with E-state index in [1.165, 1.54) is 16.0 Å². The largest absolute Gasteiger partial charge is 0.346 e. The summed E-state index contributed by atoms with van der Waals surface area (Å²) in [5.41, 5.74) is 2.66. The monoisotopic (exact) mass is 336 g/mol. The summed E-state index contributed by atoms with van der Waals surface area (Å²) in [6.07, 6.45) is 5.55. The van der Waals surface area contributed by atoms with Crippen molar-refractivity contribution in [3.63, 3.8) is 0 Å². The molecule has 0 aliphatic carbocycles. The molecule has 1 atom stereocenters. The number of carbonyl (C=O) groups excluding carboxylic acids is 1. The van der Waals surface area contributed by atoms with Crippen LogP contribution in [-0.4, -0.2) is 21.9 Å². The zero-order valence-corrected chi connectivity index (χ0v) is 14.3. The number of aromatic nitrogens is 1. The Hall–Kier alpha value is -2.33. The third kappa shape index (κ3) is 3.02. The number of amides is 1. The van der Waals surface area contributed by atoms with E-state index in [9.17, 15) is 4.79 Å². The quantitative estimate of drug-likeness (QED) is 0.704. The van der Waals surface area contributed by atoms with E-state index >= 15 is 0 Å². The summed E-state index contributed by atoms with van der Waals surface area (Å²) in [4.78, 5) is 16.2. The van der Waals surface area contributed by atoms with Crippen LogP contribution >= 0.6 is 11.3 Å². The van der Waals surface area contributed by atoms with Crippen LogP contribution in [0.25, 0.3) is 0 Å². The molecule has 4 rings (SSSR count). The summed E-state index contributed by atoms with van der Waals surface area (Å²) in [6, 6.07) is 16.7. The Balaban J connectivity index is 1.52. The smallest absolute Gasteiger partial charge is 0.225 e. The van der Waals surface area contributed by atoms with Gasteiger partial charge >= 0.3 is 0 Å². The molecule has 0 spiro atoms. The number of hydrogen-bond acceptors (Lipinski definition) is 2. The Labute approximate surface area is 146 Å². The van der Waals surface area contributed by atoms with Gasteiger partial charge in [0.25, 0.3) is 0 Å². The highest BCUT2D eigenvalue weighted by atomic mass is 32.1. The lowest BCUT2D eigenvalue weighted by Crippen LogP contribution is -2.37. The first-order chi connectivity index (χ1) is 11.8. The van der Waals surface area contributed by atoms with Gasteiger partial charge in [0.2, 0.25) is 5.91 Å². The number of rotatable bonds is 4. The maximum Gasteiger partial charge on any atom is 0.225 e. The molecule has 1 amide bonds. The van der Waals surface area contributed by atoms with Crippen molar-refractivity contribution in [2.75, 3.05) is 6.54 Å². The predicted molar refractivity (Wildman–Crippen MR) is 97.1 cm³/mol.